The van der Waals surface area contributed by atoms with Crippen molar-refractivity contribution in [1.29, 1.82) is 0 Å². The van der Waals surface area contributed by atoms with E-state index in [1.54, 1.807) is 6.20 Å². The summed E-state index contributed by atoms with van der Waals surface area (Å²) in [6, 6.07) is 13.8. The van der Waals surface area contributed by atoms with Gasteiger partial charge in [-0.25, -0.2) is 4.98 Å². The molecule has 0 aliphatic rings. The maximum Gasteiger partial charge on any atom is 0.226 e. The van der Waals surface area contributed by atoms with Crippen molar-refractivity contribution in [2.45, 2.75) is 19.9 Å². The van der Waals surface area contributed by atoms with E-state index in [-0.39, 0.29) is 12.3 Å². The molecule has 3 aromatic rings. The van der Waals surface area contributed by atoms with Gasteiger partial charge in [-0.3, -0.25) is 9.78 Å². The molecule has 1 amide bonds. The molecule has 1 N–H and O–H groups in total. The number of carbonyl (C=O) groups excluding carboxylic acids is 1. The molecule has 23 heavy (non-hydrogen) atoms. The van der Waals surface area contributed by atoms with Crippen molar-refractivity contribution < 1.29 is 4.79 Å². The van der Waals surface area contributed by atoms with E-state index in [0.717, 1.165) is 22.0 Å². The SMILES string of the molecule is Cc1cccc(CNC(=O)Cc2csc(-c3ccccn3)n2)c1. The Hall–Kier alpha value is -2.53. The third-order valence-electron chi connectivity index (χ3n) is 3.35. The van der Waals surface area contributed by atoms with Crippen LogP contribution in [-0.4, -0.2) is 15.9 Å². The first-order chi connectivity index (χ1) is 11.2. The van der Waals surface area contributed by atoms with Gasteiger partial charge >= 0.3 is 0 Å². The summed E-state index contributed by atoms with van der Waals surface area (Å²) < 4.78 is 0. The van der Waals surface area contributed by atoms with Crippen LogP contribution in [0.5, 0.6) is 0 Å². The minimum atomic E-state index is -0.0237. The van der Waals surface area contributed by atoms with Crippen LogP contribution in [0.3, 0.4) is 0 Å². The van der Waals surface area contributed by atoms with Crippen molar-refractivity contribution >= 4 is 17.2 Å². The predicted molar refractivity (Wildman–Crippen MR) is 92.1 cm³/mol. The van der Waals surface area contributed by atoms with E-state index in [1.807, 2.05) is 48.7 Å². The van der Waals surface area contributed by atoms with E-state index in [9.17, 15) is 4.79 Å². The number of amides is 1. The molecule has 0 bridgehead atoms. The van der Waals surface area contributed by atoms with Crippen molar-refractivity contribution in [2.24, 2.45) is 0 Å². The number of hydrogen-bond donors (Lipinski definition) is 1. The van der Waals surface area contributed by atoms with Crippen LogP contribution in [0.25, 0.3) is 10.7 Å². The zero-order valence-electron chi connectivity index (χ0n) is 12.8. The van der Waals surface area contributed by atoms with E-state index in [0.29, 0.717) is 6.54 Å². The van der Waals surface area contributed by atoms with Gasteiger partial charge in [0.25, 0.3) is 0 Å². The monoisotopic (exact) mass is 323 g/mol. The Morgan fingerprint density at radius 2 is 2.13 bits per heavy atom. The largest absolute Gasteiger partial charge is 0.352 e. The molecule has 0 aliphatic carbocycles. The summed E-state index contributed by atoms with van der Waals surface area (Å²) in [5.41, 5.74) is 3.91. The van der Waals surface area contributed by atoms with Crippen molar-refractivity contribution in [3.63, 3.8) is 0 Å². The van der Waals surface area contributed by atoms with Gasteiger partial charge in [0.05, 0.1) is 17.8 Å². The molecule has 3 rings (SSSR count). The molecule has 0 saturated heterocycles. The summed E-state index contributed by atoms with van der Waals surface area (Å²) in [5.74, 6) is -0.0237. The van der Waals surface area contributed by atoms with E-state index < -0.39 is 0 Å². The second-order valence-corrected chi connectivity index (χ2v) is 6.16. The Morgan fingerprint density at radius 3 is 2.91 bits per heavy atom. The first kappa shape index (κ1) is 15.4. The topological polar surface area (TPSA) is 54.9 Å². The smallest absolute Gasteiger partial charge is 0.226 e. The molecule has 0 saturated carbocycles. The van der Waals surface area contributed by atoms with Gasteiger partial charge in [0, 0.05) is 18.1 Å². The summed E-state index contributed by atoms with van der Waals surface area (Å²) >= 11 is 1.51. The highest BCUT2D eigenvalue weighted by atomic mass is 32.1. The van der Waals surface area contributed by atoms with E-state index >= 15 is 0 Å². The third kappa shape index (κ3) is 4.23. The molecule has 0 atom stereocenters. The molecule has 0 fully saturated rings. The van der Waals surface area contributed by atoms with Gasteiger partial charge < -0.3 is 5.32 Å². The van der Waals surface area contributed by atoms with Crippen LogP contribution >= 0.6 is 11.3 Å². The average Bonchev–Trinajstić information content (AvgIpc) is 3.02. The van der Waals surface area contributed by atoms with Crippen LogP contribution < -0.4 is 5.32 Å². The number of benzene rings is 1. The van der Waals surface area contributed by atoms with Crippen molar-refractivity contribution in [3.8, 4) is 10.7 Å². The van der Waals surface area contributed by atoms with Crippen LogP contribution in [0.15, 0.2) is 54.0 Å². The van der Waals surface area contributed by atoms with Crippen LogP contribution in [-0.2, 0) is 17.8 Å². The van der Waals surface area contributed by atoms with Crippen LogP contribution in [0, 0.1) is 6.92 Å². The molecule has 0 aliphatic heterocycles. The number of nitrogens with zero attached hydrogens (tertiary/aromatic N) is 2. The lowest BCUT2D eigenvalue weighted by molar-refractivity contribution is -0.120. The lowest BCUT2D eigenvalue weighted by Gasteiger charge is -2.05. The van der Waals surface area contributed by atoms with Gasteiger partial charge in [-0.05, 0) is 24.6 Å². The van der Waals surface area contributed by atoms with Crippen LogP contribution in [0.4, 0.5) is 0 Å². The average molecular weight is 323 g/mol. The second kappa shape index (κ2) is 7.15. The molecule has 5 heteroatoms. The normalized spacial score (nSPS) is 10.5. The van der Waals surface area contributed by atoms with Gasteiger partial charge in [-0.1, -0.05) is 35.9 Å². The van der Waals surface area contributed by atoms with Crippen molar-refractivity contribution in [1.82, 2.24) is 15.3 Å². The summed E-state index contributed by atoms with van der Waals surface area (Å²) in [7, 11) is 0. The molecule has 2 aromatic heterocycles. The number of hydrogen-bond acceptors (Lipinski definition) is 4. The molecule has 0 spiro atoms. The molecule has 116 valence electrons. The zero-order chi connectivity index (χ0) is 16.1. The highest BCUT2D eigenvalue weighted by Crippen LogP contribution is 2.21. The minimum absolute atomic E-state index is 0.0237. The first-order valence-electron chi connectivity index (χ1n) is 7.39. The number of nitrogens with one attached hydrogen (secondary N) is 1. The Kier molecular flexibility index (Phi) is 4.78. The van der Waals surface area contributed by atoms with E-state index in [1.165, 1.54) is 16.9 Å². The fraction of sp³-hybridized carbons (Fsp3) is 0.167. The molecular weight excluding hydrogens is 306 g/mol. The van der Waals surface area contributed by atoms with Gasteiger partial charge in [0.2, 0.25) is 5.91 Å². The number of aromatic nitrogens is 2. The maximum absolute atomic E-state index is 12.1. The lowest BCUT2D eigenvalue weighted by Crippen LogP contribution is -2.24. The fourth-order valence-corrected chi connectivity index (χ4v) is 3.04. The highest BCUT2D eigenvalue weighted by molar-refractivity contribution is 7.13. The summed E-state index contributed by atoms with van der Waals surface area (Å²) in [4.78, 5) is 20.8. The maximum atomic E-state index is 12.1. The molecule has 4 nitrogen and oxygen atoms in total. The predicted octanol–water partition coefficient (Wildman–Crippen LogP) is 3.37. The third-order valence-corrected chi connectivity index (χ3v) is 4.26. The standard InChI is InChI=1S/C18H17N3OS/c1-13-5-4-6-14(9-13)11-20-17(22)10-15-12-23-18(21-15)16-7-2-3-8-19-16/h2-9,12H,10-11H2,1H3,(H,20,22). The molecule has 0 radical (unpaired) electrons. The minimum Gasteiger partial charge on any atom is -0.352 e. The molecular formula is C18H17N3OS. The number of rotatable bonds is 5. The summed E-state index contributed by atoms with van der Waals surface area (Å²) in [5, 5.41) is 5.69. The Bertz CT molecular complexity index is 799. The number of aryl methyl sites for hydroxylation is 1. The van der Waals surface area contributed by atoms with Crippen LogP contribution in [0.1, 0.15) is 16.8 Å². The molecule has 2 heterocycles. The van der Waals surface area contributed by atoms with Gasteiger partial charge in [-0.15, -0.1) is 11.3 Å². The molecule has 0 unspecified atom stereocenters. The first-order valence-corrected chi connectivity index (χ1v) is 8.27. The van der Waals surface area contributed by atoms with E-state index in [2.05, 4.69) is 21.4 Å². The Morgan fingerprint density at radius 1 is 1.22 bits per heavy atom. The molecule has 1 aromatic carbocycles. The van der Waals surface area contributed by atoms with Crippen molar-refractivity contribution in [2.75, 3.05) is 0 Å². The second-order valence-electron chi connectivity index (χ2n) is 5.30. The van der Waals surface area contributed by atoms with E-state index in [4.69, 9.17) is 0 Å². The lowest BCUT2D eigenvalue weighted by atomic mass is 10.1. The Labute approximate surface area is 139 Å². The summed E-state index contributed by atoms with van der Waals surface area (Å²) in [6.45, 7) is 2.58. The zero-order valence-corrected chi connectivity index (χ0v) is 13.6. The van der Waals surface area contributed by atoms with Crippen molar-refractivity contribution in [3.05, 3.63) is 70.9 Å². The Balaban J connectivity index is 1.57. The van der Waals surface area contributed by atoms with Gasteiger partial charge in [0.15, 0.2) is 0 Å². The fourth-order valence-electron chi connectivity index (χ4n) is 2.24. The number of pyridine rings is 1. The highest BCUT2D eigenvalue weighted by Gasteiger charge is 2.09. The van der Waals surface area contributed by atoms with Gasteiger partial charge in [0.1, 0.15) is 5.01 Å². The number of thiazole rings is 1. The number of carbonyl (C=O) groups is 1. The quantitative estimate of drug-likeness (QED) is 0.783. The van der Waals surface area contributed by atoms with Crippen LogP contribution in [0.2, 0.25) is 0 Å². The van der Waals surface area contributed by atoms with Gasteiger partial charge in [-0.2, -0.15) is 0 Å². The summed E-state index contributed by atoms with van der Waals surface area (Å²) in [6.07, 6.45) is 2.03.